The van der Waals surface area contributed by atoms with Crippen molar-refractivity contribution in [2.45, 2.75) is 225 Å². The smallest absolute Gasteiger partial charge is 0.306 e. The summed E-state index contributed by atoms with van der Waals surface area (Å²) in [5.74, 6) is -0.623. The maximum Gasteiger partial charge on any atom is 0.306 e. The molecule has 0 aliphatic rings. The minimum absolute atomic E-state index is 0.0790. The van der Waals surface area contributed by atoms with Crippen molar-refractivity contribution >= 4 is 11.9 Å². The number of rotatable bonds is 41. The Balaban J connectivity index is 3.56. The first-order chi connectivity index (χ1) is 26.6. The van der Waals surface area contributed by atoms with Gasteiger partial charge in [0.25, 0.3) is 0 Å². The van der Waals surface area contributed by atoms with Crippen LogP contribution in [-0.2, 0) is 19.1 Å². The van der Waals surface area contributed by atoms with Crippen molar-refractivity contribution in [3.63, 3.8) is 0 Å². The number of unbranched alkanes of at least 4 members (excludes halogenated alkanes) is 23. The van der Waals surface area contributed by atoms with Gasteiger partial charge in [0.2, 0.25) is 0 Å². The topological polar surface area (TPSA) is 72.8 Å². The predicted molar refractivity (Wildman–Crippen MR) is 233 cm³/mol. The second kappa shape index (κ2) is 45.0. The van der Waals surface area contributed by atoms with Gasteiger partial charge in [-0.3, -0.25) is 9.59 Å². The molecule has 0 aromatic rings. The van der Waals surface area contributed by atoms with Crippen molar-refractivity contribution in [3.05, 3.63) is 60.8 Å². The van der Waals surface area contributed by atoms with Crippen LogP contribution in [0.5, 0.6) is 0 Å². The lowest BCUT2D eigenvalue weighted by Crippen LogP contribution is -2.28. The highest BCUT2D eigenvalue weighted by molar-refractivity contribution is 5.70. The molecule has 0 aromatic carbocycles. The van der Waals surface area contributed by atoms with Crippen molar-refractivity contribution in [1.82, 2.24) is 0 Å². The molecule has 5 heteroatoms. The van der Waals surface area contributed by atoms with Crippen LogP contribution in [0.1, 0.15) is 219 Å². The van der Waals surface area contributed by atoms with Crippen LogP contribution < -0.4 is 0 Å². The second-order valence-electron chi connectivity index (χ2n) is 15.1. The highest BCUT2D eigenvalue weighted by Crippen LogP contribution is 2.16. The van der Waals surface area contributed by atoms with E-state index in [4.69, 9.17) is 9.47 Å². The van der Waals surface area contributed by atoms with Gasteiger partial charge in [0, 0.05) is 12.8 Å². The van der Waals surface area contributed by atoms with Crippen molar-refractivity contribution in [1.29, 1.82) is 0 Å². The number of carbonyl (C=O) groups excluding carboxylic acids is 2. The summed E-state index contributed by atoms with van der Waals surface area (Å²) in [7, 11) is 0. The number of hydrogen-bond acceptors (Lipinski definition) is 5. The molecule has 0 aliphatic carbocycles. The van der Waals surface area contributed by atoms with Gasteiger partial charge < -0.3 is 14.6 Å². The number of ether oxygens (including phenoxy) is 2. The molecule has 0 aromatic heterocycles. The molecule has 5 nitrogen and oxygen atoms in total. The molecule has 0 unspecified atom stereocenters. The zero-order valence-electron chi connectivity index (χ0n) is 35.5. The van der Waals surface area contributed by atoms with Gasteiger partial charge in [-0.2, -0.15) is 0 Å². The number of esters is 2. The van der Waals surface area contributed by atoms with Gasteiger partial charge in [0.15, 0.2) is 6.10 Å². The Morgan fingerprint density at radius 2 is 0.796 bits per heavy atom. The third-order valence-corrected chi connectivity index (χ3v) is 9.83. The molecule has 0 amide bonds. The van der Waals surface area contributed by atoms with Gasteiger partial charge in [-0.1, -0.05) is 209 Å². The van der Waals surface area contributed by atoms with Crippen molar-refractivity contribution in [2.75, 3.05) is 13.2 Å². The highest BCUT2D eigenvalue weighted by Gasteiger charge is 2.16. The number of aliphatic hydroxyl groups excluding tert-OH is 1. The first-order valence-electron chi connectivity index (χ1n) is 22.8. The van der Waals surface area contributed by atoms with E-state index >= 15 is 0 Å². The van der Waals surface area contributed by atoms with Crippen LogP contribution >= 0.6 is 0 Å². The predicted octanol–water partition coefficient (Wildman–Crippen LogP) is 14.7. The Morgan fingerprint density at radius 3 is 1.20 bits per heavy atom. The number of hydrogen-bond donors (Lipinski definition) is 1. The summed E-state index contributed by atoms with van der Waals surface area (Å²) in [5.41, 5.74) is 0. The Morgan fingerprint density at radius 1 is 0.444 bits per heavy atom. The maximum absolute atomic E-state index is 12.2. The SMILES string of the molecule is CC/C=C\C/C=C\C/C=C\C/C=C\C/C=C\CCCCCC(=O)O[C@@H](CO)COC(=O)CCCCCCCCCCCCCCCCCCCCCCC. The third kappa shape index (κ3) is 42.3. The summed E-state index contributed by atoms with van der Waals surface area (Å²) in [6.07, 6.45) is 58.7. The average molecular weight is 755 g/mol. The fourth-order valence-electron chi connectivity index (χ4n) is 6.41. The third-order valence-electron chi connectivity index (χ3n) is 9.83. The van der Waals surface area contributed by atoms with Gasteiger partial charge in [0.1, 0.15) is 6.61 Å². The van der Waals surface area contributed by atoms with E-state index in [1.807, 2.05) is 0 Å². The molecule has 0 radical (unpaired) electrons. The number of aliphatic hydroxyl groups is 1. The number of carbonyl (C=O) groups is 2. The zero-order chi connectivity index (χ0) is 39.3. The Hall–Kier alpha value is -2.40. The summed E-state index contributed by atoms with van der Waals surface area (Å²) in [6.45, 7) is 4.01. The van der Waals surface area contributed by atoms with Gasteiger partial charge in [-0.25, -0.2) is 0 Å². The molecule has 1 atom stereocenters. The lowest BCUT2D eigenvalue weighted by molar-refractivity contribution is -0.161. The average Bonchev–Trinajstić information content (AvgIpc) is 3.17. The molecule has 1 N–H and O–H groups in total. The van der Waals surface area contributed by atoms with E-state index in [0.717, 1.165) is 77.0 Å². The molecule has 312 valence electrons. The molecule has 0 rings (SSSR count). The van der Waals surface area contributed by atoms with E-state index in [1.165, 1.54) is 116 Å². The van der Waals surface area contributed by atoms with Crippen LogP contribution in [0.25, 0.3) is 0 Å². The van der Waals surface area contributed by atoms with Gasteiger partial charge in [-0.15, -0.1) is 0 Å². The van der Waals surface area contributed by atoms with Crippen LogP contribution in [0.3, 0.4) is 0 Å². The van der Waals surface area contributed by atoms with Gasteiger partial charge in [0.05, 0.1) is 6.61 Å². The summed E-state index contributed by atoms with van der Waals surface area (Å²) in [6, 6.07) is 0. The monoisotopic (exact) mass is 755 g/mol. The van der Waals surface area contributed by atoms with Crippen molar-refractivity contribution in [3.8, 4) is 0 Å². The number of allylic oxidation sites excluding steroid dienone is 10. The fraction of sp³-hybridized carbons (Fsp3) is 0.755. The van der Waals surface area contributed by atoms with Crippen LogP contribution in [-0.4, -0.2) is 36.4 Å². The second-order valence-corrected chi connectivity index (χ2v) is 15.1. The van der Waals surface area contributed by atoms with Crippen LogP contribution in [0.2, 0.25) is 0 Å². The van der Waals surface area contributed by atoms with E-state index in [-0.39, 0.29) is 25.2 Å². The molecule has 0 bridgehead atoms. The summed E-state index contributed by atoms with van der Waals surface area (Å²) in [4.78, 5) is 24.4. The first kappa shape index (κ1) is 51.6. The molecule has 0 spiro atoms. The fourth-order valence-corrected chi connectivity index (χ4v) is 6.41. The van der Waals surface area contributed by atoms with E-state index in [0.29, 0.717) is 12.8 Å². The first-order valence-corrected chi connectivity index (χ1v) is 22.8. The summed E-state index contributed by atoms with van der Waals surface area (Å²) < 4.78 is 10.6. The van der Waals surface area contributed by atoms with Crippen molar-refractivity contribution < 1.29 is 24.2 Å². The highest BCUT2D eigenvalue weighted by atomic mass is 16.6. The van der Waals surface area contributed by atoms with E-state index in [1.54, 1.807) is 0 Å². The lowest BCUT2D eigenvalue weighted by Gasteiger charge is -2.15. The molecular weight excluding hydrogens is 669 g/mol. The lowest BCUT2D eigenvalue weighted by atomic mass is 10.0. The standard InChI is InChI=1S/C49H86O5/c1-3-5-7-9-11-13-15-17-19-21-23-24-26-27-29-31-33-35-37-39-41-43-48(51)53-46-47(45-50)54-49(52)44-42-40-38-36-34-32-30-28-25-22-20-18-16-14-12-10-8-6-4-2/h6,8,12,14,18,20,25,28,32,34,47,50H,3-5,7,9-11,13,15-17,19,21-24,26-27,29-31,33,35-46H2,1-2H3/b8-6-,14-12-,20-18-,28-25-,34-32-/t47-/m0/s1. The Bertz CT molecular complexity index is 946. The molecule has 0 fully saturated rings. The minimum atomic E-state index is -0.789. The molecule has 0 saturated heterocycles. The van der Waals surface area contributed by atoms with Crippen molar-refractivity contribution in [2.24, 2.45) is 0 Å². The Kier molecular flexibility index (Phi) is 43.0. The summed E-state index contributed by atoms with van der Waals surface area (Å²) in [5, 5.41) is 9.59. The van der Waals surface area contributed by atoms with Crippen LogP contribution in [0, 0.1) is 0 Å². The van der Waals surface area contributed by atoms with Gasteiger partial charge in [-0.05, 0) is 57.8 Å². The molecule has 0 saturated carbocycles. The normalized spacial score (nSPS) is 12.7. The van der Waals surface area contributed by atoms with E-state index in [2.05, 4.69) is 74.6 Å². The maximum atomic E-state index is 12.2. The summed E-state index contributed by atoms with van der Waals surface area (Å²) >= 11 is 0. The molecule has 0 heterocycles. The van der Waals surface area contributed by atoms with Crippen LogP contribution in [0.4, 0.5) is 0 Å². The Labute approximate surface area is 334 Å². The minimum Gasteiger partial charge on any atom is -0.462 e. The van der Waals surface area contributed by atoms with Crippen LogP contribution in [0.15, 0.2) is 60.8 Å². The van der Waals surface area contributed by atoms with Gasteiger partial charge >= 0.3 is 11.9 Å². The molecule has 54 heavy (non-hydrogen) atoms. The molecule has 0 aliphatic heterocycles. The molecular formula is C49H86O5. The largest absolute Gasteiger partial charge is 0.462 e. The van der Waals surface area contributed by atoms with E-state index in [9.17, 15) is 14.7 Å². The zero-order valence-corrected chi connectivity index (χ0v) is 35.5. The quantitative estimate of drug-likeness (QED) is 0.0382. The van der Waals surface area contributed by atoms with E-state index < -0.39 is 6.10 Å².